The lowest BCUT2D eigenvalue weighted by molar-refractivity contribution is -0.127. The monoisotopic (exact) mass is 444 g/mol. The molecule has 0 aliphatic carbocycles. The predicted octanol–water partition coefficient (Wildman–Crippen LogP) is 3.57. The summed E-state index contributed by atoms with van der Waals surface area (Å²) in [6.45, 7) is -0.00740. The van der Waals surface area contributed by atoms with Crippen LogP contribution in [-0.2, 0) is 16.1 Å². The first kappa shape index (κ1) is 19.6. The molecule has 5 nitrogen and oxygen atoms in total. The zero-order valence-electron chi connectivity index (χ0n) is 13.0. The van der Waals surface area contributed by atoms with Crippen molar-refractivity contribution in [3.05, 3.63) is 62.5 Å². The highest BCUT2D eigenvalue weighted by Crippen LogP contribution is 2.22. The number of hydrogen-bond acceptors (Lipinski definition) is 3. The fourth-order valence-electron chi connectivity index (χ4n) is 1.82. The van der Waals surface area contributed by atoms with Gasteiger partial charge in [-0.3, -0.25) is 9.59 Å². The summed E-state index contributed by atoms with van der Waals surface area (Å²) < 4.78 is 6.24. The Balaban J connectivity index is 1.67. The van der Waals surface area contributed by atoms with Crippen molar-refractivity contribution in [1.29, 1.82) is 0 Å². The van der Waals surface area contributed by atoms with E-state index >= 15 is 0 Å². The molecule has 0 atom stereocenters. The molecule has 0 aliphatic rings. The van der Waals surface area contributed by atoms with Crippen molar-refractivity contribution in [1.82, 2.24) is 10.6 Å². The summed E-state index contributed by atoms with van der Waals surface area (Å²) in [7, 11) is 0. The smallest absolute Gasteiger partial charge is 0.258 e. The van der Waals surface area contributed by atoms with Crippen molar-refractivity contribution in [2.24, 2.45) is 0 Å². The van der Waals surface area contributed by atoms with Crippen LogP contribution >= 0.6 is 39.1 Å². The Bertz CT molecular complexity index is 754. The van der Waals surface area contributed by atoms with Gasteiger partial charge in [-0.1, -0.05) is 45.2 Å². The lowest BCUT2D eigenvalue weighted by atomic mass is 10.2. The third-order valence-electron chi connectivity index (χ3n) is 3.10. The molecule has 0 aromatic heterocycles. The molecule has 0 unspecified atom stereocenters. The number of nitrogens with one attached hydrogen (secondary N) is 2. The molecule has 2 aromatic carbocycles. The molecular formula is C17H15BrCl2N2O3. The molecule has 2 amide bonds. The van der Waals surface area contributed by atoms with E-state index in [9.17, 15) is 9.59 Å². The van der Waals surface area contributed by atoms with Crippen LogP contribution in [0.1, 0.15) is 5.56 Å². The van der Waals surface area contributed by atoms with Gasteiger partial charge >= 0.3 is 0 Å². The van der Waals surface area contributed by atoms with E-state index in [4.69, 9.17) is 27.9 Å². The molecule has 0 aliphatic heterocycles. The number of amides is 2. The molecule has 0 bridgehead atoms. The summed E-state index contributed by atoms with van der Waals surface area (Å²) in [5, 5.41) is 6.04. The van der Waals surface area contributed by atoms with E-state index in [2.05, 4.69) is 26.6 Å². The van der Waals surface area contributed by atoms with Gasteiger partial charge < -0.3 is 15.4 Å². The van der Waals surface area contributed by atoms with E-state index in [1.807, 2.05) is 12.1 Å². The van der Waals surface area contributed by atoms with Gasteiger partial charge in [-0.15, -0.1) is 0 Å². The number of carbonyl (C=O) groups is 2. The molecule has 8 heteroatoms. The van der Waals surface area contributed by atoms with Crippen LogP contribution in [0.15, 0.2) is 46.9 Å². The van der Waals surface area contributed by atoms with Crippen LogP contribution in [0.2, 0.25) is 10.0 Å². The second kappa shape index (κ2) is 9.65. The molecule has 0 saturated heterocycles. The van der Waals surface area contributed by atoms with Crippen LogP contribution in [0.5, 0.6) is 5.75 Å². The minimum absolute atomic E-state index is 0.135. The maximum Gasteiger partial charge on any atom is 0.258 e. The molecular weight excluding hydrogens is 431 g/mol. The summed E-state index contributed by atoms with van der Waals surface area (Å²) in [6.07, 6.45) is 0. The van der Waals surface area contributed by atoms with Gasteiger partial charge in [0.05, 0.1) is 16.6 Å². The van der Waals surface area contributed by atoms with E-state index in [0.29, 0.717) is 22.3 Å². The molecule has 0 saturated carbocycles. The van der Waals surface area contributed by atoms with E-state index < -0.39 is 0 Å². The normalized spacial score (nSPS) is 10.2. The van der Waals surface area contributed by atoms with Crippen molar-refractivity contribution < 1.29 is 14.3 Å². The summed E-state index contributed by atoms with van der Waals surface area (Å²) in [4.78, 5) is 23.4. The average molecular weight is 446 g/mol. The standard InChI is InChI=1S/C17H15BrCl2N2O3/c18-12-2-4-13(5-3-12)25-10-17(24)22-9-16(23)21-8-11-1-6-14(19)15(20)7-11/h1-7H,8-10H2,(H,21,23)(H,22,24). The third kappa shape index (κ3) is 6.94. The second-order valence-electron chi connectivity index (χ2n) is 5.04. The highest BCUT2D eigenvalue weighted by atomic mass is 79.9. The fourth-order valence-corrected chi connectivity index (χ4v) is 2.41. The highest BCUT2D eigenvalue weighted by Gasteiger charge is 2.07. The van der Waals surface area contributed by atoms with Crippen LogP contribution in [0, 0.1) is 0 Å². The van der Waals surface area contributed by atoms with Crippen molar-refractivity contribution in [3.63, 3.8) is 0 Å². The largest absolute Gasteiger partial charge is 0.484 e. The topological polar surface area (TPSA) is 67.4 Å². The maximum absolute atomic E-state index is 11.8. The Morgan fingerprint density at radius 1 is 0.960 bits per heavy atom. The number of benzene rings is 2. The second-order valence-corrected chi connectivity index (χ2v) is 6.77. The van der Waals surface area contributed by atoms with E-state index in [0.717, 1.165) is 10.0 Å². The number of carbonyl (C=O) groups excluding carboxylic acids is 2. The first-order valence-corrected chi connectivity index (χ1v) is 8.84. The van der Waals surface area contributed by atoms with E-state index in [1.165, 1.54) is 0 Å². The Kier molecular flexibility index (Phi) is 7.55. The van der Waals surface area contributed by atoms with Crippen molar-refractivity contribution >= 4 is 50.9 Å². The summed E-state index contributed by atoms with van der Waals surface area (Å²) in [5.41, 5.74) is 0.813. The SMILES string of the molecule is O=C(CNC(=O)COc1ccc(Br)cc1)NCc1ccc(Cl)c(Cl)c1. The lowest BCUT2D eigenvalue weighted by Crippen LogP contribution is -2.38. The van der Waals surface area contributed by atoms with Crippen LogP contribution in [0.3, 0.4) is 0 Å². The third-order valence-corrected chi connectivity index (χ3v) is 4.37. The average Bonchev–Trinajstić information content (AvgIpc) is 2.60. The van der Waals surface area contributed by atoms with Crippen LogP contribution in [-0.4, -0.2) is 25.0 Å². The number of ether oxygens (including phenoxy) is 1. The van der Waals surface area contributed by atoms with Crippen LogP contribution in [0.25, 0.3) is 0 Å². The van der Waals surface area contributed by atoms with Gasteiger partial charge in [0.15, 0.2) is 6.61 Å². The van der Waals surface area contributed by atoms with Gasteiger partial charge in [0.1, 0.15) is 5.75 Å². The lowest BCUT2D eigenvalue weighted by Gasteiger charge is -2.09. The molecule has 2 N–H and O–H groups in total. The summed E-state index contributed by atoms with van der Waals surface area (Å²) in [6, 6.07) is 12.2. The van der Waals surface area contributed by atoms with Crippen molar-refractivity contribution in [3.8, 4) is 5.75 Å². The molecule has 25 heavy (non-hydrogen) atoms. The van der Waals surface area contributed by atoms with Gasteiger partial charge in [-0.05, 0) is 42.0 Å². The Morgan fingerprint density at radius 2 is 1.68 bits per heavy atom. The molecule has 132 valence electrons. The summed E-state index contributed by atoms with van der Waals surface area (Å²) in [5.74, 6) is -0.127. The molecule has 2 aromatic rings. The van der Waals surface area contributed by atoms with Gasteiger partial charge in [0, 0.05) is 11.0 Å². The predicted molar refractivity (Wildman–Crippen MR) is 101 cm³/mol. The van der Waals surface area contributed by atoms with Gasteiger partial charge in [-0.2, -0.15) is 0 Å². The first-order valence-electron chi connectivity index (χ1n) is 7.30. The minimum Gasteiger partial charge on any atom is -0.484 e. The Hall–Kier alpha value is -1.76. The molecule has 2 rings (SSSR count). The number of rotatable bonds is 7. The highest BCUT2D eigenvalue weighted by molar-refractivity contribution is 9.10. The number of hydrogen-bond donors (Lipinski definition) is 2. The molecule has 0 heterocycles. The van der Waals surface area contributed by atoms with Gasteiger partial charge in [-0.25, -0.2) is 0 Å². The van der Waals surface area contributed by atoms with Crippen LogP contribution in [0.4, 0.5) is 0 Å². The van der Waals surface area contributed by atoms with E-state index in [-0.39, 0.29) is 25.0 Å². The van der Waals surface area contributed by atoms with Gasteiger partial charge in [0.25, 0.3) is 5.91 Å². The fraction of sp³-hybridized carbons (Fsp3) is 0.176. The Morgan fingerprint density at radius 3 is 2.36 bits per heavy atom. The molecule has 0 spiro atoms. The Labute approximate surface area is 163 Å². The zero-order valence-corrected chi connectivity index (χ0v) is 16.1. The first-order chi connectivity index (χ1) is 11.9. The zero-order chi connectivity index (χ0) is 18.2. The maximum atomic E-state index is 11.8. The van der Waals surface area contributed by atoms with Gasteiger partial charge in [0.2, 0.25) is 5.91 Å². The minimum atomic E-state index is -0.382. The van der Waals surface area contributed by atoms with Crippen molar-refractivity contribution in [2.75, 3.05) is 13.2 Å². The quantitative estimate of drug-likeness (QED) is 0.684. The summed E-state index contributed by atoms with van der Waals surface area (Å²) >= 11 is 15.0. The van der Waals surface area contributed by atoms with Crippen LogP contribution < -0.4 is 15.4 Å². The number of halogens is 3. The molecule has 0 radical (unpaired) electrons. The van der Waals surface area contributed by atoms with E-state index in [1.54, 1.807) is 30.3 Å². The molecule has 0 fully saturated rings. The van der Waals surface area contributed by atoms with Crippen molar-refractivity contribution in [2.45, 2.75) is 6.54 Å².